The van der Waals surface area contributed by atoms with Crippen LogP contribution in [0.25, 0.3) is 0 Å². The van der Waals surface area contributed by atoms with Crippen LogP contribution in [0.15, 0.2) is 41.3 Å². The molecule has 0 radical (unpaired) electrons. The van der Waals surface area contributed by atoms with Gasteiger partial charge in [0.15, 0.2) is 0 Å². The van der Waals surface area contributed by atoms with Crippen LogP contribution in [0.2, 0.25) is 0 Å². The predicted octanol–water partition coefficient (Wildman–Crippen LogP) is 2.80. The SMILES string of the molecule is COC(=O)c1cc(S(=O)(=O)Nc2cccc([N+](=O)[O-])c2C)ccc1C. The molecule has 0 amide bonds. The fraction of sp³-hybridized carbons (Fsp3) is 0.188. The van der Waals surface area contributed by atoms with Crippen LogP contribution in [0.1, 0.15) is 21.5 Å². The number of nitrogens with one attached hydrogen (secondary N) is 1. The van der Waals surface area contributed by atoms with Gasteiger partial charge in [0, 0.05) is 6.07 Å². The van der Waals surface area contributed by atoms with Crippen LogP contribution in [-0.4, -0.2) is 26.4 Å². The molecule has 25 heavy (non-hydrogen) atoms. The number of rotatable bonds is 5. The molecule has 2 rings (SSSR count). The molecule has 0 saturated heterocycles. The van der Waals surface area contributed by atoms with Crippen LogP contribution in [0.4, 0.5) is 11.4 Å². The number of carbonyl (C=O) groups is 1. The van der Waals surface area contributed by atoms with Gasteiger partial charge in [-0.3, -0.25) is 14.8 Å². The van der Waals surface area contributed by atoms with E-state index in [1.54, 1.807) is 6.92 Å². The largest absolute Gasteiger partial charge is 0.465 e. The van der Waals surface area contributed by atoms with Crippen molar-refractivity contribution in [2.45, 2.75) is 18.7 Å². The van der Waals surface area contributed by atoms with E-state index in [2.05, 4.69) is 9.46 Å². The summed E-state index contributed by atoms with van der Waals surface area (Å²) in [6.45, 7) is 3.10. The number of hydrogen-bond acceptors (Lipinski definition) is 6. The average Bonchev–Trinajstić information content (AvgIpc) is 2.55. The summed E-state index contributed by atoms with van der Waals surface area (Å²) < 4.78 is 32.1. The van der Waals surface area contributed by atoms with Gasteiger partial charge in [-0.2, -0.15) is 0 Å². The molecule has 0 atom stereocenters. The molecule has 0 bridgehead atoms. The first-order valence-electron chi connectivity index (χ1n) is 7.13. The summed E-state index contributed by atoms with van der Waals surface area (Å²) in [6.07, 6.45) is 0. The average molecular weight is 364 g/mol. The van der Waals surface area contributed by atoms with Crippen molar-refractivity contribution in [3.63, 3.8) is 0 Å². The van der Waals surface area contributed by atoms with Gasteiger partial charge in [0.25, 0.3) is 15.7 Å². The summed E-state index contributed by atoms with van der Waals surface area (Å²) in [4.78, 5) is 22.0. The van der Waals surface area contributed by atoms with Crippen LogP contribution in [0, 0.1) is 24.0 Å². The molecule has 0 spiro atoms. The predicted molar refractivity (Wildman–Crippen MR) is 91.2 cm³/mol. The Kier molecular flexibility index (Phi) is 5.07. The van der Waals surface area contributed by atoms with E-state index in [0.29, 0.717) is 5.56 Å². The van der Waals surface area contributed by atoms with Crippen molar-refractivity contribution in [3.05, 3.63) is 63.2 Å². The number of carbonyl (C=O) groups excluding carboxylic acids is 1. The molecule has 2 aromatic rings. The Balaban J connectivity index is 2.46. The standard InChI is InChI=1S/C16H16N2O6S/c1-10-7-8-12(9-13(10)16(19)24-3)25(22,23)17-14-5-4-6-15(11(14)2)18(20)21/h4-9,17H,1-3H3. The third-order valence-electron chi connectivity index (χ3n) is 3.67. The number of hydrogen-bond donors (Lipinski definition) is 1. The normalized spacial score (nSPS) is 11.0. The van der Waals surface area contributed by atoms with Crippen molar-refractivity contribution in [3.8, 4) is 0 Å². The number of ether oxygens (including phenoxy) is 1. The molecular weight excluding hydrogens is 348 g/mol. The molecule has 0 aliphatic carbocycles. The number of benzene rings is 2. The van der Waals surface area contributed by atoms with Crippen molar-refractivity contribution in [1.29, 1.82) is 0 Å². The zero-order valence-corrected chi connectivity index (χ0v) is 14.6. The Labute approximate surface area is 144 Å². The minimum Gasteiger partial charge on any atom is -0.465 e. The second-order valence-electron chi connectivity index (χ2n) is 5.28. The molecule has 0 aliphatic heterocycles. The maximum absolute atomic E-state index is 12.6. The van der Waals surface area contributed by atoms with E-state index in [1.807, 2.05) is 0 Å². The number of nitro groups is 1. The highest BCUT2D eigenvalue weighted by molar-refractivity contribution is 7.92. The van der Waals surface area contributed by atoms with Gasteiger partial charge in [0.1, 0.15) is 0 Å². The van der Waals surface area contributed by atoms with Crippen molar-refractivity contribution < 1.29 is 22.9 Å². The highest BCUT2D eigenvalue weighted by Gasteiger charge is 2.21. The zero-order chi connectivity index (χ0) is 18.8. The summed E-state index contributed by atoms with van der Waals surface area (Å²) in [5.41, 5.74) is 0.781. The smallest absolute Gasteiger partial charge is 0.338 e. The third-order valence-corrected chi connectivity index (χ3v) is 5.03. The number of sulfonamides is 1. The molecule has 0 heterocycles. The fourth-order valence-corrected chi connectivity index (χ4v) is 3.38. The molecule has 8 nitrogen and oxygen atoms in total. The monoisotopic (exact) mass is 364 g/mol. The van der Waals surface area contributed by atoms with E-state index in [4.69, 9.17) is 0 Å². The van der Waals surface area contributed by atoms with Gasteiger partial charge >= 0.3 is 5.97 Å². The number of anilines is 1. The van der Waals surface area contributed by atoms with Crippen molar-refractivity contribution in [1.82, 2.24) is 0 Å². The van der Waals surface area contributed by atoms with Crippen LogP contribution >= 0.6 is 0 Å². The molecule has 0 fully saturated rings. The molecular formula is C16H16N2O6S. The van der Waals surface area contributed by atoms with Gasteiger partial charge in [0.2, 0.25) is 0 Å². The number of esters is 1. The van der Waals surface area contributed by atoms with Crippen molar-refractivity contribution in [2.75, 3.05) is 11.8 Å². The lowest BCUT2D eigenvalue weighted by molar-refractivity contribution is -0.385. The van der Waals surface area contributed by atoms with E-state index >= 15 is 0 Å². The molecule has 1 N–H and O–H groups in total. The maximum atomic E-state index is 12.6. The molecule has 9 heteroatoms. The quantitative estimate of drug-likeness (QED) is 0.495. The maximum Gasteiger partial charge on any atom is 0.338 e. The molecule has 0 unspecified atom stereocenters. The van der Waals surface area contributed by atoms with E-state index in [-0.39, 0.29) is 27.4 Å². The number of methoxy groups -OCH3 is 1. The summed E-state index contributed by atoms with van der Waals surface area (Å²) in [5, 5.41) is 11.0. The van der Waals surface area contributed by atoms with Crippen LogP contribution in [-0.2, 0) is 14.8 Å². The van der Waals surface area contributed by atoms with Gasteiger partial charge in [-0.05, 0) is 37.6 Å². The first kappa shape index (κ1) is 18.4. The van der Waals surface area contributed by atoms with E-state index in [9.17, 15) is 23.3 Å². The lowest BCUT2D eigenvalue weighted by Gasteiger charge is -2.12. The van der Waals surface area contributed by atoms with Gasteiger partial charge in [-0.1, -0.05) is 12.1 Å². The highest BCUT2D eigenvalue weighted by atomic mass is 32.2. The number of nitrogens with zero attached hydrogens (tertiary/aromatic N) is 1. The first-order valence-corrected chi connectivity index (χ1v) is 8.61. The molecule has 132 valence electrons. The summed E-state index contributed by atoms with van der Waals surface area (Å²) in [7, 11) is -2.84. The van der Waals surface area contributed by atoms with Crippen LogP contribution in [0.3, 0.4) is 0 Å². The number of nitro benzene ring substituents is 1. The van der Waals surface area contributed by atoms with Gasteiger partial charge in [-0.15, -0.1) is 0 Å². The Morgan fingerprint density at radius 3 is 2.48 bits per heavy atom. The topological polar surface area (TPSA) is 116 Å². The van der Waals surface area contributed by atoms with E-state index in [1.165, 1.54) is 50.4 Å². The van der Waals surface area contributed by atoms with Crippen molar-refractivity contribution in [2.24, 2.45) is 0 Å². The Hall–Kier alpha value is -2.94. The molecule has 2 aromatic carbocycles. The third kappa shape index (κ3) is 3.77. The van der Waals surface area contributed by atoms with Gasteiger partial charge in [0.05, 0.1) is 33.7 Å². The summed E-state index contributed by atoms with van der Waals surface area (Å²) >= 11 is 0. The zero-order valence-electron chi connectivity index (χ0n) is 13.8. The summed E-state index contributed by atoms with van der Waals surface area (Å²) in [5.74, 6) is -0.652. The van der Waals surface area contributed by atoms with Crippen LogP contribution < -0.4 is 4.72 Å². The Morgan fingerprint density at radius 1 is 1.20 bits per heavy atom. The fourth-order valence-electron chi connectivity index (χ4n) is 2.23. The highest BCUT2D eigenvalue weighted by Crippen LogP contribution is 2.27. The number of aryl methyl sites for hydroxylation is 1. The van der Waals surface area contributed by atoms with Crippen LogP contribution in [0.5, 0.6) is 0 Å². The second-order valence-corrected chi connectivity index (χ2v) is 6.96. The Bertz CT molecular complexity index is 953. The molecule has 0 saturated carbocycles. The lowest BCUT2D eigenvalue weighted by Crippen LogP contribution is -2.15. The van der Waals surface area contributed by atoms with E-state index < -0.39 is 20.9 Å². The summed E-state index contributed by atoms with van der Waals surface area (Å²) in [6, 6.07) is 8.13. The second kappa shape index (κ2) is 6.89. The lowest BCUT2D eigenvalue weighted by atomic mass is 10.1. The van der Waals surface area contributed by atoms with Crippen molar-refractivity contribution >= 4 is 27.4 Å². The van der Waals surface area contributed by atoms with Gasteiger partial charge < -0.3 is 4.74 Å². The van der Waals surface area contributed by atoms with Gasteiger partial charge in [-0.25, -0.2) is 13.2 Å². The minimum absolute atomic E-state index is 0.0920. The first-order chi connectivity index (χ1) is 11.7. The molecule has 0 aliphatic rings. The molecule has 0 aromatic heterocycles. The van der Waals surface area contributed by atoms with E-state index in [0.717, 1.165) is 0 Å². The Morgan fingerprint density at radius 2 is 1.88 bits per heavy atom. The minimum atomic E-state index is -4.04.